The van der Waals surface area contributed by atoms with Gasteiger partial charge in [-0.3, -0.25) is 0 Å². The molecule has 0 aromatic heterocycles. The Labute approximate surface area is 117 Å². The zero-order valence-electron chi connectivity index (χ0n) is 10.6. The first-order valence-corrected chi connectivity index (χ1v) is 6.34. The summed E-state index contributed by atoms with van der Waals surface area (Å²) in [6.07, 6.45) is 0. The van der Waals surface area contributed by atoms with Crippen LogP contribution in [-0.4, -0.2) is 0 Å². The summed E-state index contributed by atoms with van der Waals surface area (Å²) >= 11 is 6.14. The van der Waals surface area contributed by atoms with E-state index in [1.807, 2.05) is 25.1 Å². The third-order valence-corrected chi connectivity index (χ3v) is 3.24. The Kier molecular flexibility index (Phi) is 4.40. The molecule has 0 radical (unpaired) electrons. The van der Waals surface area contributed by atoms with Gasteiger partial charge in [-0.15, -0.1) is 0 Å². The summed E-state index contributed by atoms with van der Waals surface area (Å²) in [4.78, 5) is 0. The second-order valence-electron chi connectivity index (χ2n) is 4.33. The molecule has 0 heterocycles. The summed E-state index contributed by atoms with van der Waals surface area (Å²) < 4.78 is 18.7. The smallest absolute Gasteiger partial charge is 0.126 e. The Balaban J connectivity index is 2.12. The standard InChI is InChI=1S/C15H15ClFNO/c1-10-2-5-13(17)7-15(10)19-9-12-4-3-11(8-18)6-14(12)16/h2-7H,8-9,18H2,1H3. The van der Waals surface area contributed by atoms with Gasteiger partial charge in [-0.05, 0) is 30.2 Å². The van der Waals surface area contributed by atoms with Gasteiger partial charge in [0, 0.05) is 23.2 Å². The molecule has 0 aliphatic carbocycles. The molecule has 2 nitrogen and oxygen atoms in total. The van der Waals surface area contributed by atoms with E-state index >= 15 is 0 Å². The first kappa shape index (κ1) is 13.8. The topological polar surface area (TPSA) is 35.2 Å². The lowest BCUT2D eigenvalue weighted by molar-refractivity contribution is 0.302. The minimum absolute atomic E-state index is 0.300. The minimum atomic E-state index is -0.315. The first-order valence-electron chi connectivity index (χ1n) is 5.96. The predicted molar refractivity (Wildman–Crippen MR) is 74.8 cm³/mol. The quantitative estimate of drug-likeness (QED) is 0.923. The molecule has 0 amide bonds. The highest BCUT2D eigenvalue weighted by Gasteiger charge is 2.05. The van der Waals surface area contributed by atoms with Crippen LogP contribution in [0.25, 0.3) is 0 Å². The fraction of sp³-hybridized carbons (Fsp3) is 0.200. The second-order valence-corrected chi connectivity index (χ2v) is 4.74. The number of hydrogen-bond donors (Lipinski definition) is 1. The molecule has 0 unspecified atom stereocenters. The Hall–Kier alpha value is -1.58. The first-order chi connectivity index (χ1) is 9.10. The van der Waals surface area contributed by atoms with Crippen LogP contribution in [0.2, 0.25) is 5.02 Å². The van der Waals surface area contributed by atoms with Gasteiger partial charge >= 0.3 is 0 Å². The van der Waals surface area contributed by atoms with E-state index in [0.717, 1.165) is 16.7 Å². The van der Waals surface area contributed by atoms with Crippen LogP contribution in [0.1, 0.15) is 16.7 Å². The molecular weight excluding hydrogens is 265 g/mol. The fourth-order valence-electron chi connectivity index (χ4n) is 1.72. The van der Waals surface area contributed by atoms with Gasteiger partial charge in [0.05, 0.1) is 0 Å². The zero-order valence-corrected chi connectivity index (χ0v) is 11.4. The number of rotatable bonds is 4. The number of aryl methyl sites for hydroxylation is 1. The van der Waals surface area contributed by atoms with Crippen molar-refractivity contribution in [2.75, 3.05) is 0 Å². The van der Waals surface area contributed by atoms with Gasteiger partial charge in [0.2, 0.25) is 0 Å². The van der Waals surface area contributed by atoms with Gasteiger partial charge in [-0.25, -0.2) is 4.39 Å². The molecule has 4 heteroatoms. The van der Waals surface area contributed by atoms with E-state index in [2.05, 4.69) is 0 Å². The lowest BCUT2D eigenvalue weighted by Gasteiger charge is -2.11. The Morgan fingerprint density at radius 3 is 2.68 bits per heavy atom. The van der Waals surface area contributed by atoms with Gasteiger partial charge in [0.25, 0.3) is 0 Å². The molecule has 0 atom stereocenters. The van der Waals surface area contributed by atoms with E-state index in [9.17, 15) is 4.39 Å². The van der Waals surface area contributed by atoms with Crippen LogP contribution >= 0.6 is 11.6 Å². The van der Waals surface area contributed by atoms with Crippen molar-refractivity contribution in [3.8, 4) is 5.75 Å². The van der Waals surface area contributed by atoms with E-state index in [4.69, 9.17) is 22.1 Å². The molecule has 2 aromatic carbocycles. The minimum Gasteiger partial charge on any atom is -0.488 e. The van der Waals surface area contributed by atoms with E-state index in [-0.39, 0.29) is 5.82 Å². The zero-order chi connectivity index (χ0) is 13.8. The van der Waals surface area contributed by atoms with Gasteiger partial charge in [0.15, 0.2) is 0 Å². The Bertz CT molecular complexity index is 586. The van der Waals surface area contributed by atoms with E-state index in [1.54, 1.807) is 6.07 Å². The molecule has 100 valence electrons. The number of nitrogens with two attached hydrogens (primary N) is 1. The number of halogens is 2. The van der Waals surface area contributed by atoms with Gasteiger partial charge < -0.3 is 10.5 Å². The molecule has 0 aliphatic heterocycles. The van der Waals surface area contributed by atoms with Crippen molar-refractivity contribution in [2.45, 2.75) is 20.1 Å². The summed E-state index contributed by atoms with van der Waals surface area (Å²) in [6.45, 7) is 2.62. The molecular formula is C15H15ClFNO. The van der Waals surface area contributed by atoms with Crippen LogP contribution in [-0.2, 0) is 13.2 Å². The number of benzene rings is 2. The largest absolute Gasteiger partial charge is 0.488 e. The third kappa shape index (κ3) is 3.46. The number of ether oxygens (including phenoxy) is 1. The fourth-order valence-corrected chi connectivity index (χ4v) is 1.98. The van der Waals surface area contributed by atoms with Crippen LogP contribution in [0.15, 0.2) is 36.4 Å². The van der Waals surface area contributed by atoms with Gasteiger partial charge in [0.1, 0.15) is 18.2 Å². The molecule has 2 rings (SSSR count). The monoisotopic (exact) mass is 279 g/mol. The molecule has 0 aliphatic rings. The number of hydrogen-bond acceptors (Lipinski definition) is 2. The molecule has 0 fully saturated rings. The van der Waals surface area contributed by atoms with Crippen LogP contribution in [0.4, 0.5) is 4.39 Å². The van der Waals surface area contributed by atoms with Crippen molar-refractivity contribution in [3.05, 3.63) is 63.9 Å². The van der Waals surface area contributed by atoms with Crippen molar-refractivity contribution in [2.24, 2.45) is 5.73 Å². The van der Waals surface area contributed by atoms with Crippen molar-refractivity contribution >= 4 is 11.6 Å². The molecule has 0 spiro atoms. The van der Waals surface area contributed by atoms with Gasteiger partial charge in [-0.1, -0.05) is 29.8 Å². The molecule has 2 aromatic rings. The maximum absolute atomic E-state index is 13.1. The normalized spacial score (nSPS) is 10.5. The molecule has 2 N–H and O–H groups in total. The SMILES string of the molecule is Cc1ccc(F)cc1OCc1ccc(CN)cc1Cl. The van der Waals surface area contributed by atoms with E-state index < -0.39 is 0 Å². The summed E-state index contributed by atoms with van der Waals surface area (Å²) in [5, 5.41) is 0.608. The van der Waals surface area contributed by atoms with Gasteiger partial charge in [-0.2, -0.15) is 0 Å². The van der Waals surface area contributed by atoms with Crippen molar-refractivity contribution in [1.82, 2.24) is 0 Å². The summed E-state index contributed by atoms with van der Waals surface area (Å²) in [5.41, 5.74) is 8.24. The van der Waals surface area contributed by atoms with E-state index in [1.165, 1.54) is 12.1 Å². The summed E-state index contributed by atoms with van der Waals surface area (Å²) in [6, 6.07) is 10.1. The maximum Gasteiger partial charge on any atom is 0.126 e. The Morgan fingerprint density at radius 2 is 2.00 bits per heavy atom. The molecule has 0 bridgehead atoms. The van der Waals surface area contributed by atoms with E-state index in [0.29, 0.717) is 23.9 Å². The van der Waals surface area contributed by atoms with Crippen LogP contribution in [0.5, 0.6) is 5.75 Å². The highest BCUT2D eigenvalue weighted by molar-refractivity contribution is 6.31. The van der Waals surface area contributed by atoms with Crippen molar-refractivity contribution in [3.63, 3.8) is 0 Å². The summed E-state index contributed by atoms with van der Waals surface area (Å²) in [5.74, 6) is 0.212. The Morgan fingerprint density at radius 1 is 1.21 bits per heavy atom. The third-order valence-electron chi connectivity index (χ3n) is 2.89. The van der Waals surface area contributed by atoms with Crippen LogP contribution in [0, 0.1) is 12.7 Å². The van der Waals surface area contributed by atoms with Crippen LogP contribution < -0.4 is 10.5 Å². The molecule has 19 heavy (non-hydrogen) atoms. The highest BCUT2D eigenvalue weighted by atomic mass is 35.5. The predicted octanol–water partition coefficient (Wildman–Crippen LogP) is 3.83. The van der Waals surface area contributed by atoms with Crippen molar-refractivity contribution in [1.29, 1.82) is 0 Å². The highest BCUT2D eigenvalue weighted by Crippen LogP contribution is 2.23. The maximum atomic E-state index is 13.1. The lowest BCUT2D eigenvalue weighted by Crippen LogP contribution is -2.01. The van der Waals surface area contributed by atoms with Crippen LogP contribution in [0.3, 0.4) is 0 Å². The lowest BCUT2D eigenvalue weighted by atomic mass is 10.1. The molecule has 0 saturated heterocycles. The average molecular weight is 280 g/mol. The second kappa shape index (κ2) is 6.04. The van der Waals surface area contributed by atoms with Crippen molar-refractivity contribution < 1.29 is 9.13 Å². The summed E-state index contributed by atoms with van der Waals surface area (Å²) in [7, 11) is 0. The average Bonchev–Trinajstić information content (AvgIpc) is 2.40. The molecule has 0 saturated carbocycles.